The number of nitrogens with zero attached hydrogens (tertiary/aromatic N) is 3. The van der Waals surface area contributed by atoms with Crippen LogP contribution in [-0.4, -0.2) is 62.7 Å². The van der Waals surface area contributed by atoms with Crippen LogP contribution in [0.15, 0.2) is 12.6 Å². The van der Waals surface area contributed by atoms with Gasteiger partial charge in [0.15, 0.2) is 11.6 Å². The first-order chi connectivity index (χ1) is 18.7. The van der Waals surface area contributed by atoms with Gasteiger partial charge in [0.2, 0.25) is 0 Å². The van der Waals surface area contributed by atoms with E-state index in [0.717, 1.165) is 16.4 Å². The lowest BCUT2D eigenvalue weighted by Gasteiger charge is -2.33. The molecule has 2 amide bonds. The van der Waals surface area contributed by atoms with Crippen LogP contribution in [-0.2, 0) is 25.5 Å². The highest BCUT2D eigenvalue weighted by Crippen LogP contribution is 2.39. The minimum Gasteiger partial charge on any atom is -0.460 e. The van der Waals surface area contributed by atoms with Crippen molar-refractivity contribution < 1.29 is 33.0 Å². The largest absolute Gasteiger partial charge is 0.460 e. The molecular formula is C28H35FN4O6S. The third-order valence-corrected chi connectivity index (χ3v) is 7.05. The first-order valence-corrected chi connectivity index (χ1v) is 13.9. The monoisotopic (exact) mass is 574 g/mol. The van der Waals surface area contributed by atoms with E-state index in [1.54, 1.807) is 53.7 Å². The Bertz CT molecular complexity index is 1330. The zero-order valence-electron chi connectivity index (χ0n) is 23.6. The van der Waals surface area contributed by atoms with E-state index in [1.807, 2.05) is 0 Å². The topological polar surface area (TPSA) is 120 Å². The van der Waals surface area contributed by atoms with Gasteiger partial charge in [0.25, 0.3) is 5.91 Å². The maximum atomic E-state index is 16.0. The molecule has 4 rings (SSSR count). The summed E-state index contributed by atoms with van der Waals surface area (Å²) in [6, 6.07) is 1.35. The van der Waals surface area contributed by atoms with Crippen LogP contribution >= 0.6 is 11.5 Å². The van der Waals surface area contributed by atoms with Crippen molar-refractivity contribution in [1.82, 2.24) is 14.3 Å². The predicted octanol–water partition coefficient (Wildman–Crippen LogP) is 5.43. The summed E-state index contributed by atoms with van der Waals surface area (Å²) in [4.78, 5) is 44.8. The molecule has 0 bridgehead atoms. The number of hydrogen-bond donors (Lipinski definition) is 1. The van der Waals surface area contributed by atoms with E-state index < -0.39 is 29.0 Å². The minimum atomic E-state index is -0.869. The third kappa shape index (κ3) is 6.67. The lowest BCUT2D eigenvalue weighted by molar-refractivity contribution is -0.157. The molecule has 4 heterocycles. The van der Waals surface area contributed by atoms with Gasteiger partial charge in [0, 0.05) is 24.1 Å². The summed E-state index contributed by atoms with van der Waals surface area (Å²) in [7, 11) is 0. The number of rotatable bonds is 6. The second kappa shape index (κ2) is 11.2. The molecule has 2 aromatic rings. The highest BCUT2D eigenvalue weighted by atomic mass is 32.1. The Morgan fingerprint density at radius 3 is 2.58 bits per heavy atom. The summed E-state index contributed by atoms with van der Waals surface area (Å²) in [5.74, 6) is -2.19. The highest BCUT2D eigenvalue weighted by Gasteiger charge is 2.41. The van der Waals surface area contributed by atoms with E-state index >= 15 is 4.39 Å². The number of carbonyl (C=O) groups excluding carboxylic acids is 3. The first kappa shape index (κ1) is 29.6. The van der Waals surface area contributed by atoms with Crippen molar-refractivity contribution in [2.24, 2.45) is 5.92 Å². The number of imide groups is 1. The third-order valence-electron chi connectivity index (χ3n) is 6.24. The quantitative estimate of drug-likeness (QED) is 0.451. The van der Waals surface area contributed by atoms with Crippen LogP contribution < -0.4 is 5.32 Å². The lowest BCUT2D eigenvalue weighted by Crippen LogP contribution is -2.40. The number of ether oxygens (including phenoxy) is 3. The van der Waals surface area contributed by atoms with Crippen LogP contribution in [0.1, 0.15) is 76.0 Å². The molecule has 1 fully saturated rings. The van der Waals surface area contributed by atoms with Crippen LogP contribution in [0, 0.1) is 11.7 Å². The molecule has 0 saturated carbocycles. The zero-order chi connectivity index (χ0) is 29.4. The van der Waals surface area contributed by atoms with Crippen molar-refractivity contribution in [2.75, 3.05) is 18.5 Å². The van der Waals surface area contributed by atoms with Crippen LogP contribution in [0.3, 0.4) is 0 Å². The van der Waals surface area contributed by atoms with E-state index in [2.05, 4.69) is 21.3 Å². The Labute approximate surface area is 237 Å². The maximum absolute atomic E-state index is 16.0. The van der Waals surface area contributed by atoms with Gasteiger partial charge in [-0.15, -0.1) is 0 Å². The molecule has 0 radical (unpaired) electrons. The van der Waals surface area contributed by atoms with Gasteiger partial charge in [-0.2, -0.15) is 4.37 Å². The minimum absolute atomic E-state index is 0.00884. The van der Waals surface area contributed by atoms with E-state index in [0.29, 0.717) is 30.2 Å². The number of fused-ring (bicyclic) bond motifs is 1. The molecule has 216 valence electrons. The molecular weight excluding hydrogens is 539 g/mol. The number of pyridine rings is 1. The number of carbonyl (C=O) groups is 3. The fourth-order valence-corrected chi connectivity index (χ4v) is 5.29. The summed E-state index contributed by atoms with van der Waals surface area (Å²) in [6.07, 6.45) is 1.27. The van der Waals surface area contributed by atoms with E-state index in [4.69, 9.17) is 14.2 Å². The van der Waals surface area contributed by atoms with Crippen molar-refractivity contribution in [3.05, 3.63) is 35.3 Å². The Balaban J connectivity index is 1.70. The van der Waals surface area contributed by atoms with E-state index in [-0.39, 0.29) is 53.5 Å². The van der Waals surface area contributed by atoms with Crippen molar-refractivity contribution in [3.63, 3.8) is 0 Å². The van der Waals surface area contributed by atoms with E-state index in [9.17, 15) is 14.4 Å². The number of anilines is 1. The summed E-state index contributed by atoms with van der Waals surface area (Å²) in [5, 5.41) is 3.17. The average molecular weight is 575 g/mol. The van der Waals surface area contributed by atoms with Gasteiger partial charge in [-0.3, -0.25) is 9.59 Å². The van der Waals surface area contributed by atoms with Crippen LogP contribution in [0.25, 0.3) is 16.6 Å². The smallest absolute Gasteiger partial charge is 0.417 e. The number of aromatic nitrogens is 2. The number of halogens is 1. The standard InChI is InChI=1S/C28H35FN4O6S/c1-8-16-12-19(40-32-16)23-21-17(13-33(25(21)35)26(36)39-28(5,6)7)22(29)24(31-23)30-18-9-10-37-14-15(18)11-20(34)38-27(2,3)4/h8,12,15,18H,1,9-11,13-14H2,2-7H3,(H,30,31)/t15-,18+/m0/s1. The Morgan fingerprint density at radius 1 is 1.25 bits per heavy atom. The van der Waals surface area contributed by atoms with Crippen molar-refractivity contribution in [2.45, 2.75) is 78.2 Å². The first-order valence-electron chi connectivity index (χ1n) is 13.1. The molecule has 2 aliphatic heterocycles. The van der Waals surface area contributed by atoms with Gasteiger partial charge in [-0.05, 0) is 71.6 Å². The van der Waals surface area contributed by atoms with Crippen LogP contribution in [0.2, 0.25) is 0 Å². The fraction of sp³-hybridized carbons (Fsp3) is 0.536. The molecule has 0 spiro atoms. The number of hydrogen-bond acceptors (Lipinski definition) is 10. The number of esters is 1. The van der Waals surface area contributed by atoms with Gasteiger partial charge < -0.3 is 19.5 Å². The summed E-state index contributed by atoms with van der Waals surface area (Å²) in [5.41, 5.74) is -0.676. The van der Waals surface area contributed by atoms with Gasteiger partial charge in [0.1, 0.15) is 11.2 Å². The Morgan fingerprint density at radius 2 is 1.95 bits per heavy atom. The molecule has 0 aromatic carbocycles. The SMILES string of the molecule is C=Cc1cc(-c2nc(N[C@@H]3CCOC[C@@H]3CC(=O)OC(C)(C)C)c(F)c3c2C(=O)N(C(=O)OC(C)(C)C)C3)sn1. The molecule has 2 atom stereocenters. The van der Waals surface area contributed by atoms with Crippen molar-refractivity contribution in [1.29, 1.82) is 0 Å². The molecule has 40 heavy (non-hydrogen) atoms. The van der Waals surface area contributed by atoms with Gasteiger partial charge in [0.05, 0.1) is 41.4 Å². The molecule has 0 aliphatic carbocycles. The summed E-state index contributed by atoms with van der Waals surface area (Å²) < 4.78 is 36.8. The molecule has 1 saturated heterocycles. The van der Waals surface area contributed by atoms with Gasteiger partial charge in [-0.25, -0.2) is 19.1 Å². The van der Waals surface area contributed by atoms with E-state index in [1.165, 1.54) is 0 Å². The van der Waals surface area contributed by atoms with Gasteiger partial charge in [-0.1, -0.05) is 6.58 Å². The van der Waals surface area contributed by atoms with Crippen molar-refractivity contribution >= 4 is 41.4 Å². The summed E-state index contributed by atoms with van der Waals surface area (Å²) in [6.45, 7) is 14.6. The highest BCUT2D eigenvalue weighted by molar-refractivity contribution is 7.09. The molecule has 12 heteroatoms. The van der Waals surface area contributed by atoms with Gasteiger partial charge >= 0.3 is 12.1 Å². The fourth-order valence-electron chi connectivity index (χ4n) is 4.55. The molecule has 2 aliphatic rings. The van der Waals surface area contributed by atoms with Crippen molar-refractivity contribution in [3.8, 4) is 10.6 Å². The maximum Gasteiger partial charge on any atom is 0.417 e. The number of nitrogens with one attached hydrogen (secondary N) is 1. The summed E-state index contributed by atoms with van der Waals surface area (Å²) >= 11 is 1.09. The molecule has 1 N–H and O–H groups in total. The average Bonchev–Trinajstić information content (AvgIpc) is 3.45. The molecule has 2 aromatic heterocycles. The van der Waals surface area contributed by atoms with Crippen LogP contribution in [0.4, 0.5) is 15.0 Å². The second-order valence-corrected chi connectivity index (χ2v) is 12.6. The Kier molecular flexibility index (Phi) is 8.32. The molecule has 0 unspecified atom stereocenters. The van der Waals surface area contributed by atoms with Crippen LogP contribution in [0.5, 0.6) is 0 Å². The molecule has 10 nitrogen and oxygen atoms in total. The lowest BCUT2D eigenvalue weighted by atomic mass is 9.92. The normalized spacial score (nSPS) is 19.3. The number of amides is 2. The predicted molar refractivity (Wildman–Crippen MR) is 148 cm³/mol. The zero-order valence-corrected chi connectivity index (χ0v) is 24.4. The second-order valence-electron chi connectivity index (χ2n) is 11.8. The Hall–Kier alpha value is -3.38.